The summed E-state index contributed by atoms with van der Waals surface area (Å²) in [6.07, 6.45) is 13.9. The molecule has 0 aliphatic rings. The molecule has 0 aromatic heterocycles. The van der Waals surface area contributed by atoms with Crippen molar-refractivity contribution in [3.05, 3.63) is 34.9 Å². The molecular weight excluding hydrogens is 556 g/mol. The number of benzene rings is 1. The monoisotopic (exact) mass is 608 g/mol. The van der Waals surface area contributed by atoms with Gasteiger partial charge in [0.15, 0.2) is 0 Å². The van der Waals surface area contributed by atoms with Crippen LogP contribution in [0.2, 0.25) is 0 Å². The van der Waals surface area contributed by atoms with Gasteiger partial charge in [0.25, 0.3) is 0 Å². The molecule has 0 saturated heterocycles. The van der Waals surface area contributed by atoms with Crippen LogP contribution in [0.15, 0.2) is 18.2 Å². The summed E-state index contributed by atoms with van der Waals surface area (Å²) in [6.45, 7) is 10.0. The number of carbonyl (C=O) groups is 5. The molecule has 3 N–H and O–H groups in total. The zero-order valence-electron chi connectivity index (χ0n) is 26.4. The van der Waals surface area contributed by atoms with E-state index < -0.39 is 29.0 Å². The molecule has 10 nitrogen and oxygen atoms in total. The van der Waals surface area contributed by atoms with Gasteiger partial charge < -0.3 is 24.8 Å². The Hall–Kier alpha value is -3.43. The number of carboxylic acids is 3. The molecular formula is C33H52O10. The minimum atomic E-state index is -1.48. The molecule has 1 aromatic rings. The fourth-order valence-corrected chi connectivity index (χ4v) is 4.11. The van der Waals surface area contributed by atoms with Gasteiger partial charge in [-0.25, -0.2) is 14.4 Å². The minimum Gasteiger partial charge on any atom is -0.478 e. The van der Waals surface area contributed by atoms with Crippen molar-refractivity contribution in [1.82, 2.24) is 0 Å². The van der Waals surface area contributed by atoms with Gasteiger partial charge in [0.05, 0.1) is 29.9 Å². The summed E-state index contributed by atoms with van der Waals surface area (Å²) < 4.78 is 10.5. The van der Waals surface area contributed by atoms with Gasteiger partial charge in [-0.3, -0.25) is 9.59 Å². The number of carbonyl (C=O) groups excluding carboxylic acids is 2. The number of hydrogen-bond acceptors (Lipinski definition) is 7. The number of ether oxygens (including phenoxy) is 2. The number of aromatic carboxylic acids is 3. The summed E-state index contributed by atoms with van der Waals surface area (Å²) >= 11 is 0. The number of esters is 2. The van der Waals surface area contributed by atoms with Gasteiger partial charge in [0, 0.05) is 12.8 Å². The normalized spacial score (nSPS) is 10.7. The number of rotatable bonds is 22. The Morgan fingerprint density at radius 2 is 0.977 bits per heavy atom. The summed E-state index contributed by atoms with van der Waals surface area (Å²) in [5.41, 5.74) is -1.24. The Labute approximate surface area is 256 Å². The van der Waals surface area contributed by atoms with Crippen LogP contribution >= 0.6 is 0 Å². The van der Waals surface area contributed by atoms with Gasteiger partial charge in [-0.1, -0.05) is 79.1 Å². The van der Waals surface area contributed by atoms with Crippen molar-refractivity contribution in [1.29, 1.82) is 0 Å². The van der Waals surface area contributed by atoms with Gasteiger partial charge in [-0.15, -0.1) is 0 Å². The third-order valence-electron chi connectivity index (χ3n) is 6.62. The molecule has 1 rings (SSSR count). The van der Waals surface area contributed by atoms with E-state index in [0.29, 0.717) is 38.9 Å². The van der Waals surface area contributed by atoms with Crippen LogP contribution in [0.3, 0.4) is 0 Å². The Kier molecular flexibility index (Phi) is 22.1. The summed E-state index contributed by atoms with van der Waals surface area (Å²) in [7, 11) is 0. The van der Waals surface area contributed by atoms with Crippen LogP contribution < -0.4 is 0 Å². The van der Waals surface area contributed by atoms with E-state index >= 15 is 0 Å². The lowest BCUT2D eigenvalue weighted by molar-refractivity contribution is -0.146. The van der Waals surface area contributed by atoms with E-state index in [1.165, 1.54) is 38.5 Å². The van der Waals surface area contributed by atoms with Crippen molar-refractivity contribution in [2.24, 2.45) is 11.8 Å². The van der Waals surface area contributed by atoms with E-state index in [4.69, 9.17) is 24.8 Å². The summed E-state index contributed by atoms with van der Waals surface area (Å²) in [5.74, 6) is -2.94. The number of unbranched alkanes of at least 4 members (excludes halogenated alkanes) is 7. The van der Waals surface area contributed by atoms with E-state index in [1.807, 2.05) is 0 Å². The van der Waals surface area contributed by atoms with Gasteiger partial charge in [0.1, 0.15) is 0 Å². The van der Waals surface area contributed by atoms with E-state index in [2.05, 4.69) is 27.7 Å². The summed E-state index contributed by atoms with van der Waals surface area (Å²) in [5, 5.41) is 25.9. The molecule has 0 radical (unpaired) electrons. The van der Waals surface area contributed by atoms with E-state index in [9.17, 15) is 24.0 Å². The average molecular weight is 609 g/mol. The first-order valence-electron chi connectivity index (χ1n) is 15.5. The second-order valence-corrected chi connectivity index (χ2v) is 11.5. The van der Waals surface area contributed by atoms with E-state index in [-0.39, 0.29) is 17.5 Å². The first-order valence-corrected chi connectivity index (χ1v) is 15.5. The van der Waals surface area contributed by atoms with E-state index in [1.54, 1.807) is 0 Å². The SMILES string of the molecule is CC(C)CCCCCCOC(=O)CCCCC(=O)OCCCCCCC(C)C.O=C(O)c1ccc(C(=O)O)c(C(=O)O)c1. The van der Waals surface area contributed by atoms with Crippen molar-refractivity contribution in [2.45, 2.75) is 118 Å². The van der Waals surface area contributed by atoms with E-state index in [0.717, 1.165) is 55.7 Å². The lowest BCUT2D eigenvalue weighted by Crippen LogP contribution is -2.10. The fourth-order valence-electron chi connectivity index (χ4n) is 4.11. The highest BCUT2D eigenvalue weighted by atomic mass is 16.5. The van der Waals surface area contributed by atoms with Crippen molar-refractivity contribution < 1.29 is 48.8 Å². The Bertz CT molecular complexity index is 948. The topological polar surface area (TPSA) is 165 Å². The molecule has 0 aliphatic carbocycles. The van der Waals surface area contributed by atoms with Crippen molar-refractivity contribution in [3.8, 4) is 0 Å². The zero-order valence-corrected chi connectivity index (χ0v) is 26.4. The number of carboxylic acid groups (broad SMARTS) is 3. The highest BCUT2D eigenvalue weighted by Crippen LogP contribution is 2.13. The summed E-state index contributed by atoms with van der Waals surface area (Å²) in [6, 6.07) is 2.81. The molecule has 0 atom stereocenters. The largest absolute Gasteiger partial charge is 0.478 e. The van der Waals surface area contributed by atoms with Crippen LogP contribution in [-0.2, 0) is 19.1 Å². The third kappa shape index (κ3) is 21.9. The average Bonchev–Trinajstić information content (AvgIpc) is 2.93. The molecule has 0 spiro atoms. The van der Waals surface area contributed by atoms with Gasteiger partial charge >= 0.3 is 29.8 Å². The van der Waals surface area contributed by atoms with Crippen LogP contribution in [0.4, 0.5) is 0 Å². The quantitative estimate of drug-likeness (QED) is 0.0880. The maximum Gasteiger partial charge on any atom is 0.336 e. The minimum absolute atomic E-state index is 0.142. The molecule has 0 fully saturated rings. The predicted octanol–water partition coefficient (Wildman–Crippen LogP) is 7.63. The first-order chi connectivity index (χ1) is 20.3. The van der Waals surface area contributed by atoms with Crippen LogP contribution in [0.1, 0.15) is 149 Å². The lowest BCUT2D eigenvalue weighted by atomic mass is 10.0. The van der Waals surface area contributed by atoms with Crippen molar-refractivity contribution in [3.63, 3.8) is 0 Å². The van der Waals surface area contributed by atoms with Crippen molar-refractivity contribution >= 4 is 29.8 Å². The van der Waals surface area contributed by atoms with Gasteiger partial charge in [0.2, 0.25) is 0 Å². The Morgan fingerprint density at radius 3 is 1.35 bits per heavy atom. The second-order valence-electron chi connectivity index (χ2n) is 11.5. The van der Waals surface area contributed by atoms with Gasteiger partial charge in [-0.2, -0.15) is 0 Å². The lowest BCUT2D eigenvalue weighted by Gasteiger charge is -2.07. The second kappa shape index (κ2) is 24.1. The predicted molar refractivity (Wildman–Crippen MR) is 164 cm³/mol. The summed E-state index contributed by atoms with van der Waals surface area (Å²) in [4.78, 5) is 55.1. The molecule has 0 bridgehead atoms. The molecule has 0 aliphatic heterocycles. The smallest absolute Gasteiger partial charge is 0.336 e. The van der Waals surface area contributed by atoms with Crippen LogP contribution in [0, 0.1) is 11.8 Å². The Balaban J connectivity index is 0.000000981. The first kappa shape index (κ1) is 39.6. The molecule has 10 heteroatoms. The highest BCUT2D eigenvalue weighted by Gasteiger charge is 2.18. The van der Waals surface area contributed by atoms with Gasteiger partial charge in [-0.05, 0) is 55.7 Å². The van der Waals surface area contributed by atoms with Crippen LogP contribution in [0.25, 0.3) is 0 Å². The molecule has 0 unspecified atom stereocenters. The van der Waals surface area contributed by atoms with Crippen LogP contribution in [0.5, 0.6) is 0 Å². The molecule has 1 aromatic carbocycles. The van der Waals surface area contributed by atoms with Crippen molar-refractivity contribution in [2.75, 3.05) is 13.2 Å². The molecule has 0 heterocycles. The highest BCUT2D eigenvalue weighted by molar-refractivity contribution is 6.03. The maximum atomic E-state index is 11.7. The molecule has 244 valence electrons. The Morgan fingerprint density at radius 1 is 0.558 bits per heavy atom. The molecule has 43 heavy (non-hydrogen) atoms. The standard InChI is InChI=1S/C24H46O4.C9H6O6/c1-21(2)15-9-5-7-13-19-27-23(25)17-11-12-18-24(26)28-20-14-8-6-10-16-22(3)4;10-7(11)4-1-2-5(8(12)13)6(3-4)9(14)15/h21-22H,5-20H2,1-4H3;1-3H,(H,10,11)(H,12,13)(H,14,15). The molecule has 0 saturated carbocycles. The zero-order chi connectivity index (χ0) is 32.6. The number of hydrogen-bond donors (Lipinski definition) is 3. The van der Waals surface area contributed by atoms with Crippen LogP contribution in [-0.4, -0.2) is 58.4 Å². The fraction of sp³-hybridized carbons (Fsp3) is 0.667. The third-order valence-corrected chi connectivity index (χ3v) is 6.62. The maximum absolute atomic E-state index is 11.7. The molecule has 0 amide bonds.